The highest BCUT2D eigenvalue weighted by atomic mass is 16.4. The van der Waals surface area contributed by atoms with Crippen molar-refractivity contribution < 1.29 is 14.7 Å². The minimum atomic E-state index is -1.09. The number of nitrogens with one attached hydrogen (secondary N) is 1. The van der Waals surface area contributed by atoms with Crippen LogP contribution in [-0.4, -0.2) is 28.0 Å². The predicted molar refractivity (Wildman–Crippen MR) is 81.5 cm³/mol. The van der Waals surface area contributed by atoms with Gasteiger partial charge in [0, 0.05) is 23.4 Å². The molecule has 1 aliphatic rings. The number of aromatic nitrogens is 1. The van der Waals surface area contributed by atoms with Crippen molar-refractivity contribution in [2.75, 3.05) is 5.73 Å². The molecule has 3 rings (SSSR count). The lowest BCUT2D eigenvalue weighted by molar-refractivity contribution is 0.0697. The van der Waals surface area contributed by atoms with Gasteiger partial charge >= 0.3 is 5.97 Å². The van der Waals surface area contributed by atoms with Gasteiger partial charge < -0.3 is 16.2 Å². The number of rotatable bonds is 4. The van der Waals surface area contributed by atoms with Crippen LogP contribution in [-0.2, 0) is 0 Å². The van der Waals surface area contributed by atoms with E-state index >= 15 is 0 Å². The van der Waals surface area contributed by atoms with Crippen LogP contribution < -0.4 is 11.1 Å². The average Bonchev–Trinajstić information content (AvgIpc) is 3.31. The second-order valence-corrected chi connectivity index (χ2v) is 5.29. The summed E-state index contributed by atoms with van der Waals surface area (Å²) >= 11 is 0. The van der Waals surface area contributed by atoms with E-state index in [1.165, 1.54) is 12.3 Å². The van der Waals surface area contributed by atoms with Gasteiger partial charge in [0.15, 0.2) is 0 Å². The lowest BCUT2D eigenvalue weighted by atomic mass is 9.99. The van der Waals surface area contributed by atoms with E-state index in [0.29, 0.717) is 16.7 Å². The Hall–Kier alpha value is -2.89. The molecular weight excluding hydrogens is 282 g/mol. The van der Waals surface area contributed by atoms with Gasteiger partial charge in [0.1, 0.15) is 5.82 Å². The number of aromatic carboxylic acids is 1. The molecule has 2 aromatic rings. The van der Waals surface area contributed by atoms with Crippen LogP contribution in [0.3, 0.4) is 0 Å². The lowest BCUT2D eigenvalue weighted by Gasteiger charge is -2.09. The van der Waals surface area contributed by atoms with Gasteiger partial charge in [0.2, 0.25) is 0 Å². The molecule has 6 heteroatoms. The molecule has 0 bridgehead atoms. The first-order valence-corrected chi connectivity index (χ1v) is 6.94. The van der Waals surface area contributed by atoms with Crippen molar-refractivity contribution in [3.8, 4) is 11.1 Å². The topological polar surface area (TPSA) is 105 Å². The maximum absolute atomic E-state index is 12.1. The quantitative estimate of drug-likeness (QED) is 0.799. The molecule has 1 heterocycles. The van der Waals surface area contributed by atoms with Crippen molar-refractivity contribution in [2.45, 2.75) is 18.9 Å². The SMILES string of the molecule is Nc1cc(C(=O)O)c(-c2cccc(C(=O)NC3CC3)c2)cn1. The van der Waals surface area contributed by atoms with Gasteiger partial charge in [-0.2, -0.15) is 0 Å². The van der Waals surface area contributed by atoms with Crippen LogP contribution in [0.2, 0.25) is 0 Å². The Bertz CT molecular complexity index is 754. The largest absolute Gasteiger partial charge is 0.478 e. The molecule has 112 valence electrons. The lowest BCUT2D eigenvalue weighted by Crippen LogP contribution is -2.25. The summed E-state index contributed by atoms with van der Waals surface area (Å²) in [5, 5.41) is 12.2. The first kappa shape index (κ1) is 14.1. The van der Waals surface area contributed by atoms with E-state index in [9.17, 15) is 14.7 Å². The molecule has 1 amide bonds. The van der Waals surface area contributed by atoms with Crippen molar-refractivity contribution in [2.24, 2.45) is 0 Å². The van der Waals surface area contributed by atoms with Crippen LogP contribution >= 0.6 is 0 Å². The summed E-state index contributed by atoms with van der Waals surface area (Å²) in [6.45, 7) is 0. The van der Waals surface area contributed by atoms with E-state index in [4.69, 9.17) is 5.73 Å². The fourth-order valence-electron chi connectivity index (χ4n) is 2.20. The summed E-state index contributed by atoms with van der Waals surface area (Å²) in [4.78, 5) is 27.4. The Kier molecular flexibility index (Phi) is 3.50. The number of anilines is 1. The molecule has 1 saturated carbocycles. The van der Waals surface area contributed by atoms with Crippen LogP contribution in [0.15, 0.2) is 36.5 Å². The standard InChI is InChI=1S/C16H15N3O3/c17-14-7-12(16(21)22)13(8-18-14)9-2-1-3-10(6-9)15(20)19-11-4-5-11/h1-3,6-8,11H,4-5H2,(H2,17,18)(H,19,20)(H,21,22). The molecule has 0 unspecified atom stereocenters. The van der Waals surface area contributed by atoms with Crippen LogP contribution in [0.1, 0.15) is 33.6 Å². The third kappa shape index (κ3) is 2.90. The van der Waals surface area contributed by atoms with E-state index in [2.05, 4.69) is 10.3 Å². The van der Waals surface area contributed by atoms with Gasteiger partial charge in [0.25, 0.3) is 5.91 Å². The van der Waals surface area contributed by atoms with Gasteiger partial charge in [-0.25, -0.2) is 9.78 Å². The fraction of sp³-hybridized carbons (Fsp3) is 0.188. The average molecular weight is 297 g/mol. The second-order valence-electron chi connectivity index (χ2n) is 5.29. The molecule has 22 heavy (non-hydrogen) atoms. The maximum atomic E-state index is 12.1. The van der Waals surface area contributed by atoms with E-state index < -0.39 is 5.97 Å². The summed E-state index contributed by atoms with van der Waals surface area (Å²) in [7, 11) is 0. The molecule has 0 aliphatic heterocycles. The summed E-state index contributed by atoms with van der Waals surface area (Å²) in [6.07, 6.45) is 3.43. The number of nitrogens with two attached hydrogens (primary N) is 1. The number of carboxylic acids is 1. The minimum absolute atomic E-state index is 0.0623. The third-order valence-corrected chi connectivity index (χ3v) is 3.50. The van der Waals surface area contributed by atoms with Crippen LogP contribution in [0.4, 0.5) is 5.82 Å². The van der Waals surface area contributed by atoms with Gasteiger partial charge in [-0.05, 0) is 36.6 Å². The van der Waals surface area contributed by atoms with Crippen molar-refractivity contribution in [3.05, 3.63) is 47.7 Å². The molecule has 0 atom stereocenters. The first-order valence-electron chi connectivity index (χ1n) is 6.94. The molecule has 1 aliphatic carbocycles. The number of hydrogen-bond acceptors (Lipinski definition) is 4. The Morgan fingerprint density at radius 2 is 2.05 bits per heavy atom. The van der Waals surface area contributed by atoms with E-state index in [0.717, 1.165) is 12.8 Å². The smallest absolute Gasteiger partial charge is 0.336 e. The number of hydrogen-bond donors (Lipinski definition) is 3. The second kappa shape index (κ2) is 5.48. The molecule has 4 N–H and O–H groups in total. The number of nitrogen functional groups attached to an aromatic ring is 1. The van der Waals surface area contributed by atoms with E-state index in [1.807, 2.05) is 0 Å². The molecule has 1 aromatic carbocycles. The normalized spacial score (nSPS) is 13.6. The number of nitrogens with zero attached hydrogens (tertiary/aromatic N) is 1. The van der Waals surface area contributed by atoms with E-state index in [1.54, 1.807) is 24.3 Å². The number of amides is 1. The van der Waals surface area contributed by atoms with Gasteiger partial charge in [-0.1, -0.05) is 12.1 Å². The molecule has 0 saturated heterocycles. The highest BCUT2D eigenvalue weighted by Gasteiger charge is 2.24. The Morgan fingerprint density at radius 1 is 1.27 bits per heavy atom. The highest BCUT2D eigenvalue weighted by Crippen LogP contribution is 2.26. The molecule has 0 spiro atoms. The molecule has 6 nitrogen and oxygen atoms in total. The van der Waals surface area contributed by atoms with Gasteiger partial charge in [-0.15, -0.1) is 0 Å². The van der Waals surface area contributed by atoms with Crippen molar-refractivity contribution in [3.63, 3.8) is 0 Å². The zero-order valence-corrected chi connectivity index (χ0v) is 11.7. The Balaban J connectivity index is 1.98. The highest BCUT2D eigenvalue weighted by molar-refractivity contribution is 5.99. The maximum Gasteiger partial charge on any atom is 0.336 e. The van der Waals surface area contributed by atoms with Crippen LogP contribution in [0.25, 0.3) is 11.1 Å². The van der Waals surface area contributed by atoms with Gasteiger partial charge in [-0.3, -0.25) is 4.79 Å². The zero-order chi connectivity index (χ0) is 15.7. The Labute approximate surface area is 127 Å². The number of carbonyl (C=O) groups excluding carboxylic acids is 1. The number of benzene rings is 1. The number of pyridine rings is 1. The Morgan fingerprint density at radius 3 is 2.73 bits per heavy atom. The monoisotopic (exact) mass is 297 g/mol. The van der Waals surface area contributed by atoms with Gasteiger partial charge in [0.05, 0.1) is 5.56 Å². The number of carboxylic acid groups (broad SMARTS) is 1. The van der Waals surface area contributed by atoms with Crippen molar-refractivity contribution >= 4 is 17.7 Å². The molecule has 1 fully saturated rings. The fourth-order valence-corrected chi connectivity index (χ4v) is 2.20. The summed E-state index contributed by atoms with van der Waals surface area (Å²) in [6, 6.07) is 8.41. The number of carbonyl (C=O) groups is 2. The summed E-state index contributed by atoms with van der Waals surface area (Å²) < 4.78 is 0. The van der Waals surface area contributed by atoms with Crippen LogP contribution in [0, 0.1) is 0 Å². The zero-order valence-electron chi connectivity index (χ0n) is 11.7. The molecule has 0 radical (unpaired) electrons. The van der Waals surface area contributed by atoms with Crippen molar-refractivity contribution in [1.82, 2.24) is 10.3 Å². The molecular formula is C16H15N3O3. The van der Waals surface area contributed by atoms with E-state index in [-0.39, 0.29) is 23.3 Å². The molecule has 1 aromatic heterocycles. The minimum Gasteiger partial charge on any atom is -0.478 e. The first-order chi connectivity index (χ1) is 10.5. The predicted octanol–water partition coefficient (Wildman–Crippen LogP) is 1.92. The summed E-state index contributed by atoms with van der Waals surface area (Å²) in [5.41, 5.74) is 7.16. The summed E-state index contributed by atoms with van der Waals surface area (Å²) in [5.74, 6) is -1.09. The van der Waals surface area contributed by atoms with Crippen LogP contribution in [0.5, 0.6) is 0 Å². The van der Waals surface area contributed by atoms with Crippen molar-refractivity contribution in [1.29, 1.82) is 0 Å². The third-order valence-electron chi connectivity index (χ3n) is 3.50.